The molecule has 0 fully saturated rings. The molecule has 3 rings (SSSR count). The molecule has 0 N–H and O–H groups in total. The highest BCUT2D eigenvalue weighted by molar-refractivity contribution is 6.68. The number of hydrogen-bond acceptors (Lipinski definition) is 4. The quantitative estimate of drug-likeness (QED) is 0.616. The van der Waals surface area contributed by atoms with E-state index < -0.39 is 5.24 Å². The molecule has 0 radical (unpaired) electrons. The maximum absolute atomic E-state index is 11.9. The molecule has 0 spiro atoms. The van der Waals surface area contributed by atoms with E-state index in [0.717, 1.165) is 0 Å². The molecule has 24 heavy (non-hydrogen) atoms. The molecule has 6 heteroatoms. The van der Waals surface area contributed by atoms with Gasteiger partial charge in [0, 0.05) is 16.5 Å². The lowest BCUT2D eigenvalue weighted by Gasteiger charge is -2.12. The molecule has 0 amide bonds. The first-order valence-electron chi connectivity index (χ1n) is 7.06. The van der Waals surface area contributed by atoms with Crippen molar-refractivity contribution in [3.05, 3.63) is 53.1 Å². The van der Waals surface area contributed by atoms with E-state index in [9.17, 15) is 4.79 Å². The van der Waals surface area contributed by atoms with Crippen molar-refractivity contribution in [1.82, 2.24) is 4.98 Å². The summed E-state index contributed by atoms with van der Waals surface area (Å²) in [6.07, 6.45) is 0. The van der Waals surface area contributed by atoms with Gasteiger partial charge in [0.25, 0.3) is 5.24 Å². The van der Waals surface area contributed by atoms with Crippen molar-refractivity contribution in [2.24, 2.45) is 0 Å². The molecular formula is C18H13Cl2NO3. The van der Waals surface area contributed by atoms with Gasteiger partial charge in [-0.25, -0.2) is 4.98 Å². The lowest BCUT2D eigenvalue weighted by atomic mass is 10.0. The Bertz CT molecular complexity index is 941. The van der Waals surface area contributed by atoms with Crippen LogP contribution >= 0.6 is 23.2 Å². The Kier molecular flexibility index (Phi) is 4.60. The third kappa shape index (κ3) is 2.90. The van der Waals surface area contributed by atoms with E-state index in [4.69, 9.17) is 32.7 Å². The number of carbonyl (C=O) groups excluding carboxylic acids is 1. The van der Waals surface area contributed by atoms with E-state index in [0.29, 0.717) is 44.2 Å². The van der Waals surface area contributed by atoms with E-state index in [1.165, 1.54) is 0 Å². The van der Waals surface area contributed by atoms with Crippen molar-refractivity contribution < 1.29 is 14.3 Å². The van der Waals surface area contributed by atoms with Crippen LogP contribution in [0.3, 0.4) is 0 Å². The van der Waals surface area contributed by atoms with Gasteiger partial charge in [-0.3, -0.25) is 4.79 Å². The van der Waals surface area contributed by atoms with Gasteiger partial charge in [0.15, 0.2) is 0 Å². The fourth-order valence-electron chi connectivity index (χ4n) is 2.53. The van der Waals surface area contributed by atoms with Crippen LogP contribution in [0.25, 0.3) is 22.2 Å². The first-order chi connectivity index (χ1) is 11.5. The SMILES string of the molecule is COc1ccc(OC)c(-c2cc(C(=O)Cl)c3cccc(Cl)c3n2)c1. The predicted octanol–water partition coefficient (Wildman–Crippen LogP) is 4.95. The minimum absolute atomic E-state index is 0.337. The summed E-state index contributed by atoms with van der Waals surface area (Å²) in [4.78, 5) is 16.5. The minimum atomic E-state index is -0.576. The highest BCUT2D eigenvalue weighted by Gasteiger charge is 2.16. The Morgan fingerprint density at radius 1 is 1.08 bits per heavy atom. The molecule has 0 saturated carbocycles. The van der Waals surface area contributed by atoms with Crippen molar-refractivity contribution in [2.75, 3.05) is 14.2 Å². The largest absolute Gasteiger partial charge is 0.497 e. The fraction of sp³-hybridized carbons (Fsp3) is 0.111. The van der Waals surface area contributed by atoms with Crippen molar-refractivity contribution >= 4 is 39.3 Å². The maximum atomic E-state index is 11.9. The lowest BCUT2D eigenvalue weighted by molar-refractivity contribution is 0.108. The summed E-state index contributed by atoms with van der Waals surface area (Å²) >= 11 is 12.0. The smallest absolute Gasteiger partial charge is 0.253 e. The zero-order chi connectivity index (χ0) is 17.3. The summed E-state index contributed by atoms with van der Waals surface area (Å²) in [5.74, 6) is 1.24. The van der Waals surface area contributed by atoms with Gasteiger partial charge in [-0.05, 0) is 41.9 Å². The molecule has 122 valence electrons. The molecule has 0 aliphatic heterocycles. The molecule has 4 nitrogen and oxygen atoms in total. The number of rotatable bonds is 4. The normalized spacial score (nSPS) is 10.7. The molecule has 0 unspecified atom stereocenters. The summed E-state index contributed by atoms with van der Waals surface area (Å²) in [5.41, 5.74) is 2.04. The zero-order valence-electron chi connectivity index (χ0n) is 13.0. The number of para-hydroxylation sites is 1. The Morgan fingerprint density at radius 3 is 2.54 bits per heavy atom. The number of halogens is 2. The number of hydrogen-bond donors (Lipinski definition) is 0. The molecule has 0 bridgehead atoms. The summed E-state index contributed by atoms with van der Waals surface area (Å²) in [5, 5.41) is 0.469. The van der Waals surface area contributed by atoms with E-state index >= 15 is 0 Å². The standard InChI is InChI=1S/C18H13Cl2NO3/c1-23-10-6-7-16(24-2)13(8-10)15-9-12(18(20)22)11-4-3-5-14(19)17(11)21-15/h3-9H,1-2H3. The summed E-state index contributed by atoms with van der Waals surface area (Å²) in [7, 11) is 3.14. The molecule has 3 aromatic rings. The lowest BCUT2D eigenvalue weighted by Crippen LogP contribution is -1.98. The third-order valence-corrected chi connectivity index (χ3v) is 4.19. The van der Waals surface area contributed by atoms with E-state index in [1.807, 2.05) is 0 Å². The molecule has 1 heterocycles. The van der Waals surface area contributed by atoms with Crippen LogP contribution in [0.2, 0.25) is 5.02 Å². The van der Waals surface area contributed by atoms with E-state index in [2.05, 4.69) is 4.98 Å². The molecule has 2 aromatic carbocycles. The number of benzene rings is 2. The van der Waals surface area contributed by atoms with Gasteiger partial charge >= 0.3 is 0 Å². The number of methoxy groups -OCH3 is 2. The van der Waals surface area contributed by atoms with Gasteiger partial charge < -0.3 is 9.47 Å². The summed E-state index contributed by atoms with van der Waals surface area (Å²) in [6.45, 7) is 0. The molecule has 0 aliphatic rings. The third-order valence-electron chi connectivity index (χ3n) is 3.68. The van der Waals surface area contributed by atoms with Crippen LogP contribution in [0.4, 0.5) is 0 Å². The van der Waals surface area contributed by atoms with Gasteiger partial charge in [-0.15, -0.1) is 0 Å². The Balaban J connectivity index is 2.35. The monoisotopic (exact) mass is 361 g/mol. The summed E-state index contributed by atoms with van der Waals surface area (Å²) in [6, 6.07) is 12.2. The van der Waals surface area contributed by atoms with Crippen LogP contribution < -0.4 is 9.47 Å². The number of nitrogens with zero attached hydrogens (tertiary/aromatic N) is 1. The summed E-state index contributed by atoms with van der Waals surface area (Å²) < 4.78 is 10.7. The van der Waals surface area contributed by atoms with Crippen molar-refractivity contribution in [3.8, 4) is 22.8 Å². The zero-order valence-corrected chi connectivity index (χ0v) is 14.5. The van der Waals surface area contributed by atoms with Crippen molar-refractivity contribution in [3.63, 3.8) is 0 Å². The average Bonchev–Trinajstić information content (AvgIpc) is 2.60. The van der Waals surface area contributed by atoms with Crippen LogP contribution in [0.1, 0.15) is 10.4 Å². The van der Waals surface area contributed by atoms with Crippen molar-refractivity contribution in [1.29, 1.82) is 0 Å². The fourth-order valence-corrected chi connectivity index (χ4v) is 2.90. The van der Waals surface area contributed by atoms with Gasteiger partial charge in [0.1, 0.15) is 11.5 Å². The van der Waals surface area contributed by atoms with Crippen LogP contribution in [0.5, 0.6) is 11.5 Å². The van der Waals surface area contributed by atoms with Crippen LogP contribution in [0, 0.1) is 0 Å². The number of carbonyl (C=O) groups is 1. The van der Waals surface area contributed by atoms with Gasteiger partial charge in [0.2, 0.25) is 0 Å². The topological polar surface area (TPSA) is 48.4 Å². The molecule has 0 atom stereocenters. The molecule has 1 aromatic heterocycles. The predicted molar refractivity (Wildman–Crippen MR) is 95.5 cm³/mol. The Labute approximate surface area is 148 Å². The second-order valence-corrected chi connectivity index (χ2v) is 5.78. The van der Waals surface area contributed by atoms with Crippen LogP contribution in [-0.4, -0.2) is 24.4 Å². The highest BCUT2D eigenvalue weighted by Crippen LogP contribution is 2.36. The number of fused-ring (bicyclic) bond motifs is 1. The first-order valence-corrected chi connectivity index (χ1v) is 7.82. The molecule has 0 aliphatic carbocycles. The maximum Gasteiger partial charge on any atom is 0.253 e. The minimum Gasteiger partial charge on any atom is -0.497 e. The second kappa shape index (κ2) is 6.67. The Hall–Kier alpha value is -2.30. The van der Waals surface area contributed by atoms with Gasteiger partial charge in [-0.1, -0.05) is 23.7 Å². The van der Waals surface area contributed by atoms with Gasteiger partial charge in [0.05, 0.1) is 30.5 Å². The average molecular weight is 362 g/mol. The molecule has 0 saturated heterocycles. The highest BCUT2D eigenvalue weighted by atomic mass is 35.5. The number of aromatic nitrogens is 1. The first kappa shape index (κ1) is 16.6. The van der Waals surface area contributed by atoms with Crippen molar-refractivity contribution in [2.45, 2.75) is 0 Å². The number of ether oxygens (including phenoxy) is 2. The molecular weight excluding hydrogens is 349 g/mol. The Morgan fingerprint density at radius 2 is 1.88 bits per heavy atom. The number of pyridine rings is 1. The van der Waals surface area contributed by atoms with Crippen LogP contribution in [0.15, 0.2) is 42.5 Å². The van der Waals surface area contributed by atoms with E-state index in [-0.39, 0.29) is 0 Å². The second-order valence-electron chi connectivity index (χ2n) is 5.03. The van der Waals surface area contributed by atoms with Crippen LogP contribution in [-0.2, 0) is 0 Å². The van der Waals surface area contributed by atoms with E-state index in [1.54, 1.807) is 56.7 Å². The van der Waals surface area contributed by atoms with Gasteiger partial charge in [-0.2, -0.15) is 0 Å².